The van der Waals surface area contributed by atoms with Crippen LogP contribution in [0.2, 0.25) is 0 Å². The summed E-state index contributed by atoms with van der Waals surface area (Å²) in [5.74, 6) is 0.947. The average Bonchev–Trinajstić information content (AvgIpc) is 3.25. The van der Waals surface area contributed by atoms with Crippen LogP contribution in [-0.2, 0) is 9.59 Å². The van der Waals surface area contributed by atoms with E-state index in [0.717, 1.165) is 22.6 Å². The predicted molar refractivity (Wildman–Crippen MR) is 99.1 cm³/mol. The number of nitrogens with one attached hydrogen (secondary N) is 2. The van der Waals surface area contributed by atoms with Crippen molar-refractivity contribution >= 4 is 28.3 Å². The molecule has 4 heteroatoms. The van der Waals surface area contributed by atoms with E-state index < -0.39 is 11.8 Å². The lowest BCUT2D eigenvalue weighted by Gasteiger charge is -2.28. The van der Waals surface area contributed by atoms with Gasteiger partial charge in [-0.25, -0.2) is 0 Å². The summed E-state index contributed by atoms with van der Waals surface area (Å²) in [5.41, 5.74) is 0.672. The Morgan fingerprint density at radius 2 is 1.80 bits per heavy atom. The second-order valence-corrected chi connectivity index (χ2v) is 7.58. The third kappa shape index (κ3) is 3.13. The Labute approximate surface area is 148 Å². The lowest BCUT2D eigenvalue weighted by atomic mass is 9.84. The maximum absolute atomic E-state index is 12.3. The summed E-state index contributed by atoms with van der Waals surface area (Å²) < 4.78 is 0. The minimum Gasteiger partial charge on any atom is -0.345 e. The first-order valence-corrected chi connectivity index (χ1v) is 9.21. The van der Waals surface area contributed by atoms with E-state index in [0.29, 0.717) is 11.6 Å². The predicted octanol–water partition coefficient (Wildman–Crippen LogP) is 3.72. The molecule has 2 aromatic carbocycles. The van der Waals surface area contributed by atoms with Crippen LogP contribution in [0.5, 0.6) is 0 Å². The molecule has 2 aromatic rings. The Hall–Kier alpha value is -2.36. The van der Waals surface area contributed by atoms with Gasteiger partial charge in [0.2, 0.25) is 0 Å². The molecule has 0 saturated heterocycles. The third-order valence-electron chi connectivity index (χ3n) is 6.04. The summed E-state index contributed by atoms with van der Waals surface area (Å²) in [5, 5.41) is 7.66. The molecule has 2 aliphatic rings. The van der Waals surface area contributed by atoms with Crippen molar-refractivity contribution in [2.24, 2.45) is 17.8 Å². The number of rotatable bonds is 3. The third-order valence-corrected chi connectivity index (χ3v) is 6.04. The van der Waals surface area contributed by atoms with Crippen LogP contribution in [-0.4, -0.2) is 17.9 Å². The zero-order valence-corrected chi connectivity index (χ0v) is 14.5. The number of anilines is 1. The van der Waals surface area contributed by atoms with E-state index in [-0.39, 0.29) is 6.04 Å². The molecule has 2 N–H and O–H groups in total. The standard InChI is InChI=1S/C21H24N2O2/c1-13(18-12-14-9-10-16(18)11-14)22-20(24)21(25)23-19-8-4-6-15-5-2-3-7-17(15)19/h2-8,13-14,16,18H,9-12H2,1H3,(H,22,24)(H,23,25). The van der Waals surface area contributed by atoms with Crippen LogP contribution in [0.1, 0.15) is 32.6 Å². The molecule has 2 aliphatic carbocycles. The topological polar surface area (TPSA) is 58.2 Å². The van der Waals surface area contributed by atoms with Gasteiger partial charge < -0.3 is 10.6 Å². The van der Waals surface area contributed by atoms with Crippen LogP contribution in [0.3, 0.4) is 0 Å². The Bertz CT molecular complexity index is 811. The van der Waals surface area contributed by atoms with Crippen molar-refractivity contribution in [3.8, 4) is 0 Å². The van der Waals surface area contributed by atoms with Gasteiger partial charge in [0.1, 0.15) is 0 Å². The first-order valence-electron chi connectivity index (χ1n) is 9.21. The van der Waals surface area contributed by atoms with E-state index in [1.165, 1.54) is 25.7 Å². The molecular formula is C21H24N2O2. The molecule has 4 unspecified atom stereocenters. The SMILES string of the molecule is CC(NC(=O)C(=O)Nc1cccc2ccccc12)C1CC2CCC1C2. The van der Waals surface area contributed by atoms with Crippen molar-refractivity contribution in [3.63, 3.8) is 0 Å². The van der Waals surface area contributed by atoms with Crippen LogP contribution < -0.4 is 10.6 Å². The average molecular weight is 336 g/mol. The summed E-state index contributed by atoms with van der Waals surface area (Å²) in [7, 11) is 0. The van der Waals surface area contributed by atoms with Crippen molar-refractivity contribution in [1.29, 1.82) is 0 Å². The molecule has 2 amide bonds. The second kappa shape index (κ2) is 6.51. The van der Waals surface area contributed by atoms with Crippen LogP contribution in [0, 0.1) is 17.8 Å². The van der Waals surface area contributed by atoms with Gasteiger partial charge in [-0.15, -0.1) is 0 Å². The van der Waals surface area contributed by atoms with Crippen LogP contribution in [0.15, 0.2) is 42.5 Å². The van der Waals surface area contributed by atoms with Gasteiger partial charge in [0.15, 0.2) is 0 Å². The highest BCUT2D eigenvalue weighted by Gasteiger charge is 2.42. The molecule has 2 bridgehead atoms. The molecule has 4 atom stereocenters. The van der Waals surface area contributed by atoms with Crippen molar-refractivity contribution in [1.82, 2.24) is 5.32 Å². The first-order chi connectivity index (χ1) is 12.1. The minimum absolute atomic E-state index is 0.0565. The van der Waals surface area contributed by atoms with Crippen LogP contribution in [0.4, 0.5) is 5.69 Å². The normalized spacial score (nSPS) is 25.7. The highest BCUT2D eigenvalue weighted by atomic mass is 16.2. The smallest absolute Gasteiger partial charge is 0.313 e. The molecule has 0 heterocycles. The summed E-state index contributed by atoms with van der Waals surface area (Å²) in [6, 6.07) is 13.6. The summed E-state index contributed by atoms with van der Waals surface area (Å²) in [6.07, 6.45) is 5.10. The Balaban J connectivity index is 1.41. The van der Waals surface area contributed by atoms with Crippen molar-refractivity contribution in [2.45, 2.75) is 38.6 Å². The molecule has 0 aliphatic heterocycles. The molecule has 0 radical (unpaired) electrons. The zero-order chi connectivity index (χ0) is 17.4. The van der Waals surface area contributed by atoms with Gasteiger partial charge >= 0.3 is 11.8 Å². The van der Waals surface area contributed by atoms with Gasteiger partial charge in [-0.3, -0.25) is 9.59 Å². The molecular weight excluding hydrogens is 312 g/mol. The Morgan fingerprint density at radius 3 is 2.56 bits per heavy atom. The second-order valence-electron chi connectivity index (χ2n) is 7.58. The maximum atomic E-state index is 12.3. The van der Waals surface area contributed by atoms with Gasteiger partial charge in [0, 0.05) is 17.1 Å². The van der Waals surface area contributed by atoms with E-state index >= 15 is 0 Å². The largest absolute Gasteiger partial charge is 0.345 e. The Kier molecular flexibility index (Phi) is 4.20. The Morgan fingerprint density at radius 1 is 1.00 bits per heavy atom. The van der Waals surface area contributed by atoms with Crippen molar-refractivity contribution in [2.75, 3.05) is 5.32 Å². The molecule has 0 aromatic heterocycles. The summed E-state index contributed by atoms with van der Waals surface area (Å²) >= 11 is 0. The number of fused-ring (bicyclic) bond motifs is 3. The van der Waals surface area contributed by atoms with Crippen molar-refractivity contribution < 1.29 is 9.59 Å². The monoisotopic (exact) mass is 336 g/mol. The number of hydrogen-bond donors (Lipinski definition) is 2. The van der Waals surface area contributed by atoms with E-state index in [4.69, 9.17) is 0 Å². The lowest BCUT2D eigenvalue weighted by molar-refractivity contribution is -0.136. The highest BCUT2D eigenvalue weighted by Crippen LogP contribution is 2.49. The molecule has 0 spiro atoms. The van der Waals surface area contributed by atoms with Crippen molar-refractivity contribution in [3.05, 3.63) is 42.5 Å². The number of carbonyl (C=O) groups excluding carboxylic acids is 2. The van der Waals surface area contributed by atoms with Gasteiger partial charge in [-0.1, -0.05) is 42.8 Å². The van der Waals surface area contributed by atoms with Gasteiger partial charge in [0.25, 0.3) is 0 Å². The fourth-order valence-electron chi connectivity index (χ4n) is 4.80. The van der Waals surface area contributed by atoms with E-state index in [1.54, 1.807) is 0 Å². The fraction of sp³-hybridized carbons (Fsp3) is 0.429. The molecule has 25 heavy (non-hydrogen) atoms. The molecule has 2 fully saturated rings. The van der Waals surface area contributed by atoms with E-state index in [9.17, 15) is 9.59 Å². The van der Waals surface area contributed by atoms with E-state index in [2.05, 4.69) is 10.6 Å². The minimum atomic E-state index is -0.591. The van der Waals surface area contributed by atoms with E-state index in [1.807, 2.05) is 49.4 Å². The zero-order valence-electron chi connectivity index (χ0n) is 14.5. The molecule has 2 saturated carbocycles. The molecule has 4 rings (SSSR count). The van der Waals surface area contributed by atoms with Gasteiger partial charge in [-0.2, -0.15) is 0 Å². The number of carbonyl (C=O) groups is 2. The summed E-state index contributed by atoms with van der Waals surface area (Å²) in [6.45, 7) is 2.04. The quantitative estimate of drug-likeness (QED) is 0.839. The van der Waals surface area contributed by atoms with Gasteiger partial charge in [-0.05, 0) is 55.4 Å². The lowest BCUT2D eigenvalue weighted by Crippen LogP contribution is -2.45. The number of hydrogen-bond acceptors (Lipinski definition) is 2. The van der Waals surface area contributed by atoms with Crippen LogP contribution >= 0.6 is 0 Å². The number of amides is 2. The fourth-order valence-corrected chi connectivity index (χ4v) is 4.80. The first kappa shape index (κ1) is 16.1. The van der Waals surface area contributed by atoms with Crippen LogP contribution in [0.25, 0.3) is 10.8 Å². The highest BCUT2D eigenvalue weighted by molar-refractivity contribution is 6.40. The summed E-state index contributed by atoms with van der Waals surface area (Å²) in [4.78, 5) is 24.7. The molecule has 130 valence electrons. The maximum Gasteiger partial charge on any atom is 0.313 e. The number of benzene rings is 2. The molecule has 4 nitrogen and oxygen atoms in total. The van der Waals surface area contributed by atoms with Gasteiger partial charge in [0.05, 0.1) is 0 Å².